The van der Waals surface area contributed by atoms with Crippen molar-refractivity contribution in [2.75, 3.05) is 0 Å². The van der Waals surface area contributed by atoms with E-state index in [-0.39, 0.29) is 5.43 Å². The van der Waals surface area contributed by atoms with Crippen LogP contribution >= 0.6 is 22.9 Å². The SMILES string of the molecule is Cc1ccc(-c2ccc(=O)c3c(-c4ccc(Cl)cn4)csc3n2)cc1. The number of benzene rings is 1. The fourth-order valence-electron chi connectivity index (χ4n) is 2.66. The largest absolute Gasteiger partial charge is 0.289 e. The summed E-state index contributed by atoms with van der Waals surface area (Å²) in [5, 5.41) is 3.09. The number of hydrogen-bond donors (Lipinski definition) is 0. The van der Waals surface area contributed by atoms with Gasteiger partial charge in [0.1, 0.15) is 4.83 Å². The van der Waals surface area contributed by atoms with Crippen LogP contribution in [0.5, 0.6) is 0 Å². The molecule has 0 saturated heterocycles. The molecular weight excluding hydrogens is 352 g/mol. The van der Waals surface area contributed by atoms with Gasteiger partial charge in [-0.05, 0) is 31.2 Å². The quantitative estimate of drug-likeness (QED) is 0.481. The molecule has 0 atom stereocenters. The van der Waals surface area contributed by atoms with Crippen LogP contribution in [0.2, 0.25) is 5.02 Å². The molecule has 0 amide bonds. The van der Waals surface area contributed by atoms with Gasteiger partial charge in [0.05, 0.1) is 21.8 Å². The number of hydrogen-bond acceptors (Lipinski definition) is 4. The van der Waals surface area contributed by atoms with Crippen molar-refractivity contribution in [3.8, 4) is 22.5 Å². The van der Waals surface area contributed by atoms with E-state index < -0.39 is 0 Å². The second kappa shape index (κ2) is 6.39. The monoisotopic (exact) mass is 364 g/mol. The number of halogens is 1. The van der Waals surface area contributed by atoms with Crippen LogP contribution in [0.3, 0.4) is 0 Å². The van der Waals surface area contributed by atoms with Crippen molar-refractivity contribution in [2.24, 2.45) is 0 Å². The van der Waals surface area contributed by atoms with Gasteiger partial charge >= 0.3 is 0 Å². The third kappa shape index (κ3) is 3.06. The molecule has 0 aliphatic carbocycles. The lowest BCUT2D eigenvalue weighted by atomic mass is 10.1. The Hall–Kier alpha value is -2.56. The first-order valence-corrected chi connectivity index (χ1v) is 8.99. The normalized spacial score (nSPS) is 11.0. The Labute approximate surface area is 153 Å². The van der Waals surface area contributed by atoms with Crippen molar-refractivity contribution in [3.05, 3.63) is 80.9 Å². The highest BCUT2D eigenvalue weighted by Crippen LogP contribution is 2.31. The highest BCUT2D eigenvalue weighted by atomic mass is 35.5. The molecule has 0 saturated carbocycles. The fourth-order valence-corrected chi connectivity index (χ4v) is 3.72. The highest BCUT2D eigenvalue weighted by molar-refractivity contribution is 7.17. The van der Waals surface area contributed by atoms with Crippen molar-refractivity contribution >= 4 is 33.2 Å². The molecule has 0 unspecified atom stereocenters. The minimum Gasteiger partial charge on any atom is -0.289 e. The summed E-state index contributed by atoms with van der Waals surface area (Å²) in [4.78, 5) is 22.4. The molecule has 3 aromatic heterocycles. The van der Waals surface area contributed by atoms with Gasteiger partial charge in [-0.3, -0.25) is 9.78 Å². The number of aryl methyl sites for hydroxylation is 1. The smallest absolute Gasteiger partial charge is 0.189 e. The van der Waals surface area contributed by atoms with Crippen LogP contribution < -0.4 is 5.43 Å². The molecule has 25 heavy (non-hydrogen) atoms. The van der Waals surface area contributed by atoms with Gasteiger partial charge in [0.15, 0.2) is 5.43 Å². The first-order chi connectivity index (χ1) is 12.1. The molecule has 4 rings (SSSR count). The number of rotatable bonds is 2. The third-order valence-electron chi connectivity index (χ3n) is 3.98. The van der Waals surface area contributed by atoms with Crippen molar-refractivity contribution in [1.82, 2.24) is 9.97 Å². The minimum absolute atomic E-state index is 0.0612. The van der Waals surface area contributed by atoms with Crippen LogP contribution in [0.15, 0.2) is 64.9 Å². The van der Waals surface area contributed by atoms with E-state index in [0.717, 1.165) is 22.5 Å². The molecule has 0 radical (unpaired) electrons. The zero-order chi connectivity index (χ0) is 17.4. The van der Waals surface area contributed by atoms with Crippen molar-refractivity contribution in [1.29, 1.82) is 0 Å². The highest BCUT2D eigenvalue weighted by Gasteiger charge is 2.12. The van der Waals surface area contributed by atoms with E-state index in [1.807, 2.05) is 42.6 Å². The molecule has 1 aromatic carbocycles. The van der Waals surface area contributed by atoms with Crippen LogP contribution in [0.4, 0.5) is 0 Å². The Morgan fingerprint density at radius 3 is 2.44 bits per heavy atom. The molecule has 0 fully saturated rings. The second-order valence-electron chi connectivity index (χ2n) is 5.75. The van der Waals surface area contributed by atoms with E-state index in [1.165, 1.54) is 16.9 Å². The lowest BCUT2D eigenvalue weighted by Crippen LogP contribution is -1.95. The Bertz CT molecular complexity index is 1120. The van der Waals surface area contributed by atoms with Gasteiger partial charge in [-0.15, -0.1) is 11.3 Å². The summed E-state index contributed by atoms with van der Waals surface area (Å²) in [5.74, 6) is 0. The fraction of sp³-hybridized carbons (Fsp3) is 0.0500. The Kier molecular flexibility index (Phi) is 4.07. The molecule has 0 aliphatic rings. The van der Waals surface area contributed by atoms with Crippen LogP contribution in [-0.4, -0.2) is 9.97 Å². The topological polar surface area (TPSA) is 42.9 Å². The first kappa shape index (κ1) is 15.9. The van der Waals surface area contributed by atoms with Gasteiger partial charge in [0, 0.05) is 22.7 Å². The van der Waals surface area contributed by atoms with Crippen LogP contribution in [-0.2, 0) is 0 Å². The van der Waals surface area contributed by atoms with Crippen molar-refractivity contribution < 1.29 is 0 Å². The summed E-state index contributed by atoms with van der Waals surface area (Å²) in [6.45, 7) is 2.04. The number of thiophene rings is 1. The van der Waals surface area contributed by atoms with E-state index in [4.69, 9.17) is 16.6 Å². The number of nitrogens with zero attached hydrogens (tertiary/aromatic N) is 2. The van der Waals surface area contributed by atoms with E-state index in [1.54, 1.807) is 24.4 Å². The lowest BCUT2D eigenvalue weighted by molar-refractivity contribution is 1.34. The van der Waals surface area contributed by atoms with E-state index in [0.29, 0.717) is 15.2 Å². The second-order valence-corrected chi connectivity index (χ2v) is 7.05. The van der Waals surface area contributed by atoms with Gasteiger partial charge in [0.25, 0.3) is 0 Å². The maximum Gasteiger partial charge on any atom is 0.189 e. The number of fused-ring (bicyclic) bond motifs is 1. The molecular formula is C20H13ClN2OS. The summed E-state index contributed by atoms with van der Waals surface area (Å²) in [7, 11) is 0. The van der Waals surface area contributed by atoms with E-state index in [2.05, 4.69) is 4.98 Å². The zero-order valence-electron chi connectivity index (χ0n) is 13.4. The molecule has 4 aromatic rings. The van der Waals surface area contributed by atoms with E-state index in [9.17, 15) is 4.79 Å². The zero-order valence-corrected chi connectivity index (χ0v) is 14.9. The van der Waals surface area contributed by atoms with Crippen LogP contribution in [0.1, 0.15) is 5.56 Å². The van der Waals surface area contributed by atoms with E-state index >= 15 is 0 Å². The average Bonchev–Trinajstić information content (AvgIpc) is 2.96. The summed E-state index contributed by atoms with van der Waals surface area (Å²) in [6.07, 6.45) is 1.58. The maximum atomic E-state index is 12.7. The predicted octanol–water partition coefficient (Wildman–Crippen LogP) is 5.35. The molecule has 0 N–H and O–H groups in total. The summed E-state index contributed by atoms with van der Waals surface area (Å²) in [6, 6.07) is 15.1. The summed E-state index contributed by atoms with van der Waals surface area (Å²) < 4.78 is 0. The molecule has 3 nitrogen and oxygen atoms in total. The van der Waals surface area contributed by atoms with Crippen LogP contribution in [0.25, 0.3) is 32.7 Å². The Balaban J connectivity index is 1.93. The number of aromatic nitrogens is 2. The molecule has 3 heterocycles. The molecule has 5 heteroatoms. The maximum absolute atomic E-state index is 12.7. The van der Waals surface area contributed by atoms with Gasteiger partial charge < -0.3 is 0 Å². The summed E-state index contributed by atoms with van der Waals surface area (Å²) in [5.41, 5.74) is 4.41. The van der Waals surface area contributed by atoms with Crippen LogP contribution in [0, 0.1) is 6.92 Å². The van der Waals surface area contributed by atoms with Gasteiger partial charge in [0.2, 0.25) is 0 Å². The van der Waals surface area contributed by atoms with Gasteiger partial charge in [-0.2, -0.15) is 0 Å². The van der Waals surface area contributed by atoms with Crippen molar-refractivity contribution in [3.63, 3.8) is 0 Å². The Morgan fingerprint density at radius 2 is 1.72 bits per heavy atom. The summed E-state index contributed by atoms with van der Waals surface area (Å²) >= 11 is 7.36. The predicted molar refractivity (Wildman–Crippen MR) is 104 cm³/mol. The van der Waals surface area contributed by atoms with Gasteiger partial charge in [-0.25, -0.2) is 4.98 Å². The minimum atomic E-state index is -0.0612. The first-order valence-electron chi connectivity index (χ1n) is 7.73. The average molecular weight is 365 g/mol. The van der Waals surface area contributed by atoms with Gasteiger partial charge in [-0.1, -0.05) is 41.4 Å². The third-order valence-corrected chi connectivity index (χ3v) is 5.08. The molecule has 0 spiro atoms. The molecule has 0 aliphatic heterocycles. The Morgan fingerprint density at radius 1 is 0.960 bits per heavy atom. The molecule has 122 valence electrons. The number of pyridine rings is 1. The van der Waals surface area contributed by atoms with Crippen molar-refractivity contribution in [2.45, 2.75) is 6.92 Å². The molecule has 0 bridgehead atoms. The standard InChI is InChI=1S/C20H13ClN2OS/c1-12-2-4-13(5-3-12)16-8-9-18(24)19-15(11-25-20(19)23-16)17-7-6-14(21)10-22-17/h2-11H,1H3. The lowest BCUT2D eigenvalue weighted by Gasteiger charge is -1.98.